The SMILES string of the molecule is Cc1c[c-]c(-c2nc3cc4ccccc4cc3nc2-c2ccc(C)cc2)cc1.[Ir].c1ccc2nc(-c3cnc4ccccc4n3)ccc2c1. The maximum absolute atomic E-state index is 5.04. The van der Waals surface area contributed by atoms with Gasteiger partial charge in [-0.1, -0.05) is 97.4 Å². The number of hydrogen-bond donors (Lipinski definition) is 0. The number of aryl methyl sites for hydroxylation is 2. The summed E-state index contributed by atoms with van der Waals surface area (Å²) >= 11 is 0. The zero-order valence-corrected chi connectivity index (χ0v) is 29.3. The molecule has 3 heterocycles. The summed E-state index contributed by atoms with van der Waals surface area (Å²) in [5.41, 5.74) is 12.4. The van der Waals surface area contributed by atoms with Gasteiger partial charge in [0.2, 0.25) is 0 Å². The fraction of sp³-hybridized carbons (Fsp3) is 0.0465. The molecule has 1 radical (unpaired) electrons. The Morgan fingerprint density at radius 2 is 1.04 bits per heavy atom. The summed E-state index contributed by atoms with van der Waals surface area (Å²) in [7, 11) is 0. The molecule has 0 bridgehead atoms. The van der Waals surface area contributed by atoms with Crippen molar-refractivity contribution in [2.45, 2.75) is 13.8 Å². The summed E-state index contributed by atoms with van der Waals surface area (Å²) in [5.74, 6) is 0. The average molecular weight is 809 g/mol. The van der Waals surface area contributed by atoms with Crippen LogP contribution < -0.4 is 0 Å². The fourth-order valence-corrected chi connectivity index (χ4v) is 5.78. The normalized spacial score (nSPS) is 10.9. The minimum atomic E-state index is 0. The van der Waals surface area contributed by atoms with E-state index in [1.54, 1.807) is 6.20 Å². The van der Waals surface area contributed by atoms with E-state index in [0.29, 0.717) is 0 Å². The van der Waals surface area contributed by atoms with Crippen LogP contribution in [0.2, 0.25) is 0 Å². The smallest absolute Gasteiger partial charge is 0.108 e. The summed E-state index contributed by atoms with van der Waals surface area (Å²) < 4.78 is 0. The van der Waals surface area contributed by atoms with Gasteiger partial charge in [-0.15, -0.1) is 35.4 Å². The van der Waals surface area contributed by atoms with Gasteiger partial charge in [-0.25, -0.2) is 9.97 Å². The molecule has 6 aromatic carbocycles. The van der Waals surface area contributed by atoms with Crippen LogP contribution in [0.1, 0.15) is 11.1 Å². The standard InChI is InChI=1S/C26H19N2.C17H11N3.Ir/c1-17-7-11-19(12-8-17)25-26(20-13-9-18(2)10-14-20)28-24-16-22-6-4-3-5-21(22)15-23(24)27-25;1-2-6-13-12(5-1)9-10-16(19-13)17-11-18-14-7-3-4-8-15(14)20-17;/h3-13,15-16H,1-2H3;1-11H;/q-1;;. The second-order valence-corrected chi connectivity index (χ2v) is 11.9. The van der Waals surface area contributed by atoms with Crippen LogP contribution in [0.3, 0.4) is 0 Å². The molecule has 49 heavy (non-hydrogen) atoms. The van der Waals surface area contributed by atoms with E-state index in [1.807, 2.05) is 54.6 Å². The van der Waals surface area contributed by atoms with E-state index in [9.17, 15) is 0 Å². The van der Waals surface area contributed by atoms with Crippen LogP contribution in [0.15, 0.2) is 146 Å². The predicted molar refractivity (Wildman–Crippen MR) is 197 cm³/mol. The van der Waals surface area contributed by atoms with Crippen LogP contribution in [0.4, 0.5) is 0 Å². The molecule has 0 fully saturated rings. The number of nitrogens with zero attached hydrogens (tertiary/aromatic N) is 5. The molecule has 9 rings (SSSR count). The maximum atomic E-state index is 5.04. The molecule has 0 unspecified atom stereocenters. The van der Waals surface area contributed by atoms with Gasteiger partial charge in [-0.05, 0) is 59.7 Å². The molecule has 0 aliphatic heterocycles. The van der Waals surface area contributed by atoms with Crippen LogP contribution in [-0.4, -0.2) is 24.9 Å². The van der Waals surface area contributed by atoms with Crippen molar-refractivity contribution in [2.24, 2.45) is 0 Å². The molecule has 0 spiro atoms. The Hall–Kier alpha value is -5.68. The Balaban J connectivity index is 0.000000159. The van der Waals surface area contributed by atoms with Gasteiger partial charge in [0, 0.05) is 31.2 Å². The third-order valence-corrected chi connectivity index (χ3v) is 8.39. The maximum Gasteiger partial charge on any atom is 0.108 e. The van der Waals surface area contributed by atoms with E-state index in [4.69, 9.17) is 9.97 Å². The molecule has 3 aromatic heterocycles. The first-order valence-electron chi connectivity index (χ1n) is 15.9. The Labute approximate surface area is 298 Å². The Kier molecular flexibility index (Phi) is 8.99. The van der Waals surface area contributed by atoms with Crippen LogP contribution in [0.25, 0.3) is 77.6 Å². The summed E-state index contributed by atoms with van der Waals surface area (Å²) in [5, 5.41) is 3.48. The van der Waals surface area contributed by atoms with E-state index < -0.39 is 0 Å². The van der Waals surface area contributed by atoms with E-state index >= 15 is 0 Å². The predicted octanol–water partition coefficient (Wildman–Crippen LogP) is 10.4. The zero-order valence-electron chi connectivity index (χ0n) is 26.9. The quantitative estimate of drug-likeness (QED) is 0.131. The first-order chi connectivity index (χ1) is 23.6. The Morgan fingerprint density at radius 1 is 0.449 bits per heavy atom. The number of aromatic nitrogens is 5. The molecular formula is C43H30IrN5-. The third kappa shape index (κ3) is 6.70. The summed E-state index contributed by atoms with van der Waals surface area (Å²) in [6.45, 7) is 4.16. The molecule has 0 atom stereocenters. The molecule has 0 saturated heterocycles. The molecule has 9 aromatic rings. The first-order valence-corrected chi connectivity index (χ1v) is 15.9. The van der Waals surface area contributed by atoms with Crippen molar-refractivity contribution < 1.29 is 20.1 Å². The molecule has 6 heteroatoms. The van der Waals surface area contributed by atoms with Gasteiger partial charge < -0.3 is 0 Å². The number of para-hydroxylation sites is 3. The minimum absolute atomic E-state index is 0. The number of rotatable bonds is 3. The van der Waals surface area contributed by atoms with Crippen LogP contribution >= 0.6 is 0 Å². The summed E-state index contributed by atoms with van der Waals surface area (Å²) in [6.07, 6.45) is 1.78. The average Bonchev–Trinajstić information content (AvgIpc) is 3.14. The second kappa shape index (κ2) is 13.8. The van der Waals surface area contributed by atoms with Crippen molar-refractivity contribution in [2.75, 3.05) is 0 Å². The molecule has 5 nitrogen and oxygen atoms in total. The van der Waals surface area contributed by atoms with Crippen molar-refractivity contribution in [3.05, 3.63) is 163 Å². The molecular weight excluding hydrogens is 779 g/mol. The molecule has 0 aliphatic carbocycles. The van der Waals surface area contributed by atoms with Crippen molar-refractivity contribution in [1.82, 2.24) is 24.9 Å². The van der Waals surface area contributed by atoms with Crippen molar-refractivity contribution in [1.29, 1.82) is 0 Å². The third-order valence-electron chi connectivity index (χ3n) is 8.39. The van der Waals surface area contributed by atoms with Crippen molar-refractivity contribution in [3.63, 3.8) is 0 Å². The number of hydrogen-bond acceptors (Lipinski definition) is 5. The summed E-state index contributed by atoms with van der Waals surface area (Å²) in [4.78, 5) is 23.8. The van der Waals surface area contributed by atoms with Crippen molar-refractivity contribution >= 4 is 43.7 Å². The molecule has 0 aliphatic rings. The number of pyridine rings is 1. The Bertz CT molecular complexity index is 2400. The minimum Gasteiger partial charge on any atom is -0.292 e. The van der Waals surface area contributed by atoms with E-state index in [1.165, 1.54) is 21.9 Å². The van der Waals surface area contributed by atoms with Crippen molar-refractivity contribution in [3.8, 4) is 33.9 Å². The number of fused-ring (bicyclic) bond motifs is 4. The van der Waals surface area contributed by atoms with Gasteiger partial charge in [0.15, 0.2) is 0 Å². The molecule has 0 N–H and O–H groups in total. The van der Waals surface area contributed by atoms with Crippen LogP contribution in [0.5, 0.6) is 0 Å². The van der Waals surface area contributed by atoms with Gasteiger partial charge in [0.05, 0.1) is 45.2 Å². The van der Waals surface area contributed by atoms with Gasteiger partial charge in [0.25, 0.3) is 0 Å². The van der Waals surface area contributed by atoms with E-state index in [2.05, 4.69) is 120 Å². The van der Waals surface area contributed by atoms with E-state index in [0.717, 1.165) is 66.9 Å². The van der Waals surface area contributed by atoms with Crippen LogP contribution in [-0.2, 0) is 20.1 Å². The molecule has 0 saturated carbocycles. The monoisotopic (exact) mass is 809 g/mol. The number of benzene rings is 6. The van der Waals surface area contributed by atoms with Gasteiger partial charge >= 0.3 is 0 Å². The topological polar surface area (TPSA) is 64.5 Å². The molecule has 237 valence electrons. The first kappa shape index (κ1) is 31.9. The largest absolute Gasteiger partial charge is 0.292 e. The fourth-order valence-electron chi connectivity index (χ4n) is 5.78. The Morgan fingerprint density at radius 3 is 1.73 bits per heavy atom. The molecule has 0 amide bonds. The van der Waals surface area contributed by atoms with Gasteiger partial charge in [-0.2, -0.15) is 0 Å². The van der Waals surface area contributed by atoms with Gasteiger partial charge in [0.1, 0.15) is 5.69 Å². The van der Waals surface area contributed by atoms with Gasteiger partial charge in [-0.3, -0.25) is 15.0 Å². The van der Waals surface area contributed by atoms with E-state index in [-0.39, 0.29) is 20.1 Å². The summed E-state index contributed by atoms with van der Waals surface area (Å²) in [6, 6.07) is 50.5. The zero-order chi connectivity index (χ0) is 32.5. The van der Waals surface area contributed by atoms with Crippen LogP contribution in [0, 0.1) is 19.9 Å². The second-order valence-electron chi connectivity index (χ2n) is 11.9.